The maximum absolute atomic E-state index is 14.9. The number of anilines is 2. The molecule has 1 aromatic carbocycles. The molecule has 4 N–H and O–H groups in total. The Morgan fingerprint density at radius 2 is 2.14 bits per heavy atom. The van der Waals surface area contributed by atoms with Gasteiger partial charge in [0.25, 0.3) is 5.56 Å². The summed E-state index contributed by atoms with van der Waals surface area (Å²) in [7, 11) is 0. The lowest BCUT2D eigenvalue weighted by Gasteiger charge is -2.14. The molecular weight excluding hydrogens is 397 g/mol. The van der Waals surface area contributed by atoms with Gasteiger partial charge in [0.15, 0.2) is 0 Å². The average Bonchev–Trinajstić information content (AvgIpc) is 3.25. The minimum absolute atomic E-state index is 0.0877. The minimum atomic E-state index is -0.560. The second-order valence-corrected chi connectivity index (χ2v) is 6.81. The molecule has 4 aromatic rings. The van der Waals surface area contributed by atoms with E-state index in [9.17, 15) is 9.18 Å². The maximum Gasteiger partial charge on any atom is 0.258 e. The zero-order valence-corrected chi connectivity index (χ0v) is 15.5. The first-order chi connectivity index (χ1) is 14.1. The van der Waals surface area contributed by atoms with Crippen molar-refractivity contribution in [2.75, 3.05) is 11.9 Å². The number of pyridine rings is 2. The van der Waals surface area contributed by atoms with Gasteiger partial charge in [-0.15, -0.1) is 0 Å². The third-order valence-electron chi connectivity index (χ3n) is 4.65. The molecule has 3 aromatic heterocycles. The third-order valence-corrected chi connectivity index (χ3v) is 4.95. The van der Waals surface area contributed by atoms with Crippen LogP contribution in [-0.2, 0) is 0 Å². The van der Waals surface area contributed by atoms with Crippen molar-refractivity contribution in [2.24, 2.45) is 0 Å². The first kappa shape index (κ1) is 17.4. The number of hydrogen-bond acceptors (Lipinski definition) is 6. The van der Waals surface area contributed by atoms with E-state index in [0.29, 0.717) is 45.0 Å². The maximum atomic E-state index is 14.9. The second-order valence-electron chi connectivity index (χ2n) is 6.41. The number of halogens is 2. The van der Waals surface area contributed by atoms with Gasteiger partial charge in [0.2, 0.25) is 0 Å². The molecule has 0 fully saturated rings. The smallest absolute Gasteiger partial charge is 0.258 e. The molecule has 0 bridgehead atoms. The van der Waals surface area contributed by atoms with Crippen molar-refractivity contribution in [1.82, 2.24) is 30.7 Å². The second kappa shape index (κ2) is 6.71. The van der Waals surface area contributed by atoms with Crippen LogP contribution in [0.25, 0.3) is 34.4 Å². The Kier molecular flexibility index (Phi) is 4.02. The van der Waals surface area contributed by atoms with Crippen LogP contribution in [0.1, 0.15) is 0 Å². The van der Waals surface area contributed by atoms with Gasteiger partial charge < -0.3 is 15.6 Å². The number of H-pyrrole nitrogens is 2. The SMILES string of the molecule is O=c1[nH]ccc2nc(Nc3c(F)cc(-c4cn[nH]n4)cc3Cl)c3c(c12)=CNCC=3. The number of rotatable bonds is 3. The molecule has 10 heteroatoms. The Morgan fingerprint density at radius 1 is 1.24 bits per heavy atom. The molecule has 0 atom stereocenters. The van der Waals surface area contributed by atoms with Crippen molar-refractivity contribution < 1.29 is 4.39 Å². The van der Waals surface area contributed by atoms with Crippen molar-refractivity contribution in [1.29, 1.82) is 0 Å². The van der Waals surface area contributed by atoms with Gasteiger partial charge in [-0.25, -0.2) is 9.37 Å². The van der Waals surface area contributed by atoms with E-state index < -0.39 is 5.82 Å². The molecule has 0 saturated carbocycles. The van der Waals surface area contributed by atoms with Gasteiger partial charge in [0.05, 0.1) is 27.8 Å². The standard InChI is InChI=1S/C19H13ClFN7O/c20-12-5-9(15-8-24-28-27-15)6-13(21)17(12)26-18-10-1-3-22-7-11(10)16-14(25-18)2-4-23-19(16)29/h1-2,4-8,22H,3H2,(H,23,29)(H,25,26)(H,24,27,28). The summed E-state index contributed by atoms with van der Waals surface area (Å²) < 4.78 is 14.9. The highest BCUT2D eigenvalue weighted by molar-refractivity contribution is 6.33. The Bertz CT molecular complexity index is 1410. The van der Waals surface area contributed by atoms with E-state index in [1.165, 1.54) is 18.5 Å². The van der Waals surface area contributed by atoms with Crippen molar-refractivity contribution in [2.45, 2.75) is 0 Å². The lowest BCUT2D eigenvalue weighted by Crippen LogP contribution is -2.38. The zero-order chi connectivity index (χ0) is 20.0. The van der Waals surface area contributed by atoms with Gasteiger partial charge in [-0.3, -0.25) is 4.79 Å². The van der Waals surface area contributed by atoms with Crippen LogP contribution in [0.3, 0.4) is 0 Å². The van der Waals surface area contributed by atoms with Crippen LogP contribution < -0.4 is 26.6 Å². The quantitative estimate of drug-likeness (QED) is 0.406. The van der Waals surface area contributed by atoms with Crippen LogP contribution in [0.2, 0.25) is 5.02 Å². The molecular formula is C19H13ClFN7O. The van der Waals surface area contributed by atoms with Crippen LogP contribution in [-0.4, -0.2) is 31.9 Å². The monoisotopic (exact) mass is 409 g/mol. The normalized spacial score (nSPS) is 12.6. The number of benzene rings is 1. The summed E-state index contributed by atoms with van der Waals surface area (Å²) in [5.41, 5.74) is 1.30. The molecule has 0 saturated heterocycles. The fourth-order valence-corrected chi connectivity index (χ4v) is 3.59. The Morgan fingerprint density at radius 3 is 2.93 bits per heavy atom. The van der Waals surface area contributed by atoms with E-state index in [2.05, 4.69) is 36.0 Å². The van der Waals surface area contributed by atoms with Crippen molar-refractivity contribution in [3.05, 3.63) is 62.2 Å². The van der Waals surface area contributed by atoms with Gasteiger partial charge in [0, 0.05) is 34.9 Å². The molecule has 0 radical (unpaired) electrons. The van der Waals surface area contributed by atoms with E-state index in [1.807, 2.05) is 6.08 Å². The number of aromatic amines is 2. The van der Waals surface area contributed by atoms with Gasteiger partial charge in [-0.05, 0) is 18.2 Å². The summed E-state index contributed by atoms with van der Waals surface area (Å²) in [5, 5.41) is 18.3. The van der Waals surface area contributed by atoms with E-state index in [-0.39, 0.29) is 16.3 Å². The molecule has 0 unspecified atom stereocenters. The Balaban J connectivity index is 1.68. The summed E-state index contributed by atoms with van der Waals surface area (Å²) in [5.74, 6) is -0.152. The molecule has 0 amide bonds. The predicted octanol–water partition coefficient (Wildman–Crippen LogP) is 1.37. The topological polar surface area (TPSA) is 111 Å². The first-order valence-electron chi connectivity index (χ1n) is 8.69. The number of nitrogens with zero attached hydrogens (tertiary/aromatic N) is 3. The number of aromatic nitrogens is 5. The van der Waals surface area contributed by atoms with Crippen LogP contribution in [0.5, 0.6) is 0 Å². The van der Waals surface area contributed by atoms with Crippen LogP contribution >= 0.6 is 11.6 Å². The predicted molar refractivity (Wildman–Crippen MR) is 109 cm³/mol. The number of hydrogen-bond donors (Lipinski definition) is 4. The summed E-state index contributed by atoms with van der Waals surface area (Å²) in [4.78, 5) is 19.5. The highest BCUT2D eigenvalue weighted by Crippen LogP contribution is 2.32. The molecule has 1 aliphatic rings. The van der Waals surface area contributed by atoms with Crippen molar-refractivity contribution >= 4 is 46.3 Å². The highest BCUT2D eigenvalue weighted by atomic mass is 35.5. The first-order valence-corrected chi connectivity index (χ1v) is 9.07. The molecule has 5 rings (SSSR count). The van der Waals surface area contributed by atoms with E-state index in [4.69, 9.17) is 11.6 Å². The van der Waals surface area contributed by atoms with Gasteiger partial charge in [0.1, 0.15) is 17.3 Å². The molecule has 8 nitrogen and oxygen atoms in total. The summed E-state index contributed by atoms with van der Waals surface area (Å²) in [6.45, 7) is 0.556. The summed E-state index contributed by atoms with van der Waals surface area (Å²) >= 11 is 6.35. The molecule has 0 spiro atoms. The molecule has 1 aliphatic heterocycles. The van der Waals surface area contributed by atoms with E-state index >= 15 is 0 Å². The minimum Gasteiger partial charge on any atom is -0.387 e. The van der Waals surface area contributed by atoms with Crippen LogP contribution in [0, 0.1) is 5.82 Å². The Labute approximate surface area is 167 Å². The van der Waals surface area contributed by atoms with Crippen LogP contribution in [0.15, 0.2) is 35.4 Å². The summed E-state index contributed by atoms with van der Waals surface area (Å²) in [6, 6.07) is 4.61. The van der Waals surface area contributed by atoms with Gasteiger partial charge in [-0.1, -0.05) is 17.7 Å². The van der Waals surface area contributed by atoms with Crippen molar-refractivity contribution in [3.8, 4) is 11.3 Å². The average molecular weight is 410 g/mol. The lowest BCUT2D eigenvalue weighted by atomic mass is 10.1. The fraction of sp³-hybridized carbons (Fsp3) is 0.0526. The van der Waals surface area contributed by atoms with Gasteiger partial charge >= 0.3 is 0 Å². The lowest BCUT2D eigenvalue weighted by molar-refractivity contribution is 0.632. The molecule has 4 heterocycles. The van der Waals surface area contributed by atoms with Gasteiger partial charge in [-0.2, -0.15) is 15.4 Å². The third kappa shape index (κ3) is 2.92. The summed E-state index contributed by atoms with van der Waals surface area (Å²) in [6.07, 6.45) is 6.64. The fourth-order valence-electron chi connectivity index (χ4n) is 3.34. The van der Waals surface area contributed by atoms with Crippen LogP contribution in [0.4, 0.5) is 15.9 Å². The van der Waals surface area contributed by atoms with E-state index in [1.54, 1.807) is 18.3 Å². The Hall–Kier alpha value is -3.72. The molecule has 29 heavy (non-hydrogen) atoms. The van der Waals surface area contributed by atoms with E-state index in [0.717, 1.165) is 0 Å². The number of fused-ring (bicyclic) bond motifs is 3. The largest absolute Gasteiger partial charge is 0.387 e. The van der Waals surface area contributed by atoms with Crippen molar-refractivity contribution in [3.63, 3.8) is 0 Å². The number of nitrogens with one attached hydrogen (secondary N) is 4. The molecule has 144 valence electrons. The zero-order valence-electron chi connectivity index (χ0n) is 14.8. The highest BCUT2D eigenvalue weighted by Gasteiger charge is 2.16. The molecule has 0 aliphatic carbocycles.